The maximum Gasteiger partial charge on any atom is 0.339 e. The number of benzene rings is 1. The monoisotopic (exact) mass is 342 g/mol. The lowest BCUT2D eigenvalue weighted by Crippen LogP contribution is -2.48. The number of nitrogens with one attached hydrogen (secondary N) is 2. The number of piperidine rings is 1. The van der Waals surface area contributed by atoms with Gasteiger partial charge in [0.25, 0.3) is 0 Å². The van der Waals surface area contributed by atoms with Gasteiger partial charge in [0.1, 0.15) is 5.82 Å². The maximum absolute atomic E-state index is 13.4. The summed E-state index contributed by atoms with van der Waals surface area (Å²) >= 11 is 0. The van der Waals surface area contributed by atoms with E-state index < -0.39 is 21.8 Å². The molecule has 1 aromatic carbocycles. The van der Waals surface area contributed by atoms with Gasteiger partial charge < -0.3 is 10.1 Å². The standard InChI is InChI=1S/C15H19FN2O4S/c1-22-15(19)13-6-9(16)2-5-14(13)23(20,21)18-12-7-10-3-4-11(8-12)17-10/h2,5-6,10-12,17-18H,3-4,7-8H2,1H3. The van der Waals surface area contributed by atoms with Crippen molar-refractivity contribution in [1.82, 2.24) is 10.0 Å². The number of rotatable bonds is 4. The van der Waals surface area contributed by atoms with Crippen molar-refractivity contribution < 1.29 is 22.3 Å². The number of carbonyl (C=O) groups is 1. The molecule has 6 nitrogen and oxygen atoms in total. The SMILES string of the molecule is COC(=O)c1cc(F)ccc1S(=O)(=O)NC1CC2CCC(C1)N2. The van der Waals surface area contributed by atoms with Crippen LogP contribution in [0.15, 0.2) is 23.1 Å². The zero-order valence-corrected chi connectivity index (χ0v) is 13.5. The van der Waals surface area contributed by atoms with E-state index in [2.05, 4.69) is 14.8 Å². The van der Waals surface area contributed by atoms with Crippen LogP contribution in [0.25, 0.3) is 0 Å². The van der Waals surface area contributed by atoms with Crippen molar-refractivity contribution in [3.8, 4) is 0 Å². The van der Waals surface area contributed by atoms with Crippen molar-refractivity contribution in [2.45, 2.75) is 48.7 Å². The molecular weight excluding hydrogens is 323 g/mol. The Morgan fingerprint density at radius 1 is 1.30 bits per heavy atom. The second-order valence-electron chi connectivity index (χ2n) is 6.06. The average molecular weight is 342 g/mol. The molecule has 0 saturated carbocycles. The lowest BCUT2D eigenvalue weighted by molar-refractivity contribution is 0.0595. The Morgan fingerprint density at radius 2 is 1.96 bits per heavy atom. The third-order valence-electron chi connectivity index (χ3n) is 4.43. The van der Waals surface area contributed by atoms with Crippen LogP contribution in [0.1, 0.15) is 36.0 Å². The van der Waals surface area contributed by atoms with Gasteiger partial charge in [-0.3, -0.25) is 0 Å². The zero-order valence-electron chi connectivity index (χ0n) is 12.7. The van der Waals surface area contributed by atoms with Crippen molar-refractivity contribution in [3.05, 3.63) is 29.6 Å². The molecule has 0 aromatic heterocycles. The molecule has 2 heterocycles. The van der Waals surface area contributed by atoms with Gasteiger partial charge in [0.15, 0.2) is 0 Å². The molecule has 2 bridgehead atoms. The van der Waals surface area contributed by atoms with E-state index in [1.807, 2.05) is 0 Å². The summed E-state index contributed by atoms with van der Waals surface area (Å²) < 4.78 is 45.8. The molecule has 2 fully saturated rings. The van der Waals surface area contributed by atoms with Crippen LogP contribution < -0.4 is 10.0 Å². The summed E-state index contributed by atoms with van der Waals surface area (Å²) in [6, 6.07) is 3.47. The third kappa shape index (κ3) is 3.39. The Hall–Kier alpha value is -1.51. The molecule has 2 saturated heterocycles. The number of fused-ring (bicyclic) bond motifs is 2. The van der Waals surface area contributed by atoms with E-state index in [-0.39, 0.29) is 16.5 Å². The first-order chi connectivity index (χ1) is 10.9. The van der Waals surface area contributed by atoms with Crippen LogP contribution in [0, 0.1) is 5.82 Å². The summed E-state index contributed by atoms with van der Waals surface area (Å²) in [6.45, 7) is 0. The molecule has 8 heteroatoms. The second-order valence-corrected chi connectivity index (χ2v) is 7.74. The molecule has 0 spiro atoms. The molecule has 2 N–H and O–H groups in total. The van der Waals surface area contributed by atoms with Crippen LogP contribution in [-0.2, 0) is 14.8 Å². The molecule has 126 valence electrons. The summed E-state index contributed by atoms with van der Waals surface area (Å²) in [4.78, 5) is 11.5. The van der Waals surface area contributed by atoms with Gasteiger partial charge in [-0.15, -0.1) is 0 Å². The minimum Gasteiger partial charge on any atom is -0.465 e. The minimum absolute atomic E-state index is 0.186. The number of carbonyl (C=O) groups excluding carboxylic acids is 1. The van der Waals surface area contributed by atoms with Gasteiger partial charge in [0.2, 0.25) is 10.0 Å². The van der Waals surface area contributed by atoms with Crippen LogP contribution in [-0.4, -0.2) is 39.6 Å². The molecule has 0 aliphatic carbocycles. The molecule has 2 aliphatic heterocycles. The zero-order chi connectivity index (χ0) is 16.6. The highest BCUT2D eigenvalue weighted by atomic mass is 32.2. The average Bonchev–Trinajstić information content (AvgIpc) is 2.84. The van der Waals surface area contributed by atoms with E-state index in [9.17, 15) is 17.6 Å². The van der Waals surface area contributed by atoms with Gasteiger partial charge in [0.05, 0.1) is 17.6 Å². The van der Waals surface area contributed by atoms with Crippen molar-refractivity contribution in [3.63, 3.8) is 0 Å². The molecule has 2 atom stereocenters. The summed E-state index contributed by atoms with van der Waals surface area (Å²) in [5, 5.41) is 3.43. The minimum atomic E-state index is -3.93. The Balaban J connectivity index is 1.86. The normalized spacial score (nSPS) is 27.0. The van der Waals surface area contributed by atoms with E-state index in [1.165, 1.54) is 0 Å². The smallest absolute Gasteiger partial charge is 0.339 e. The summed E-state index contributed by atoms with van der Waals surface area (Å²) in [7, 11) is -2.80. The highest BCUT2D eigenvalue weighted by Crippen LogP contribution is 2.28. The summed E-state index contributed by atoms with van der Waals surface area (Å²) in [5.74, 6) is -1.57. The first-order valence-corrected chi connectivity index (χ1v) is 9.03. The summed E-state index contributed by atoms with van der Waals surface area (Å²) in [5.41, 5.74) is -0.295. The van der Waals surface area contributed by atoms with Gasteiger partial charge in [-0.05, 0) is 43.9 Å². The Morgan fingerprint density at radius 3 is 2.57 bits per heavy atom. The third-order valence-corrected chi connectivity index (χ3v) is 6.01. The molecular formula is C15H19FN2O4S. The molecule has 3 rings (SSSR count). The number of esters is 1. The highest BCUT2D eigenvalue weighted by molar-refractivity contribution is 7.89. The summed E-state index contributed by atoms with van der Waals surface area (Å²) in [6.07, 6.45) is 3.52. The molecule has 23 heavy (non-hydrogen) atoms. The van der Waals surface area contributed by atoms with Crippen LogP contribution >= 0.6 is 0 Å². The first kappa shape index (κ1) is 16.4. The number of hydrogen-bond donors (Lipinski definition) is 2. The number of sulfonamides is 1. The van der Waals surface area contributed by atoms with Gasteiger partial charge in [-0.1, -0.05) is 0 Å². The Kier molecular flexibility index (Phi) is 4.39. The van der Waals surface area contributed by atoms with Crippen molar-refractivity contribution in [2.75, 3.05) is 7.11 Å². The van der Waals surface area contributed by atoms with E-state index in [4.69, 9.17) is 0 Å². The number of halogens is 1. The quantitative estimate of drug-likeness (QED) is 0.803. The van der Waals surface area contributed by atoms with Gasteiger partial charge in [-0.25, -0.2) is 22.3 Å². The maximum atomic E-state index is 13.4. The highest BCUT2D eigenvalue weighted by Gasteiger charge is 2.36. The number of methoxy groups -OCH3 is 1. The predicted molar refractivity (Wildman–Crippen MR) is 81.0 cm³/mol. The fraction of sp³-hybridized carbons (Fsp3) is 0.533. The van der Waals surface area contributed by atoms with Crippen molar-refractivity contribution in [1.29, 1.82) is 0 Å². The molecule has 0 amide bonds. The van der Waals surface area contributed by atoms with Crippen LogP contribution in [0.3, 0.4) is 0 Å². The predicted octanol–water partition coefficient (Wildman–Crippen LogP) is 1.17. The number of hydrogen-bond acceptors (Lipinski definition) is 5. The molecule has 2 unspecified atom stereocenters. The lowest BCUT2D eigenvalue weighted by Gasteiger charge is -2.29. The van der Waals surface area contributed by atoms with Crippen molar-refractivity contribution in [2.24, 2.45) is 0 Å². The van der Waals surface area contributed by atoms with Crippen LogP contribution in [0.2, 0.25) is 0 Å². The second kappa shape index (κ2) is 6.18. The molecule has 2 aliphatic rings. The fourth-order valence-electron chi connectivity index (χ4n) is 3.44. The van der Waals surface area contributed by atoms with Gasteiger partial charge in [-0.2, -0.15) is 0 Å². The van der Waals surface area contributed by atoms with Crippen LogP contribution in [0.5, 0.6) is 0 Å². The topological polar surface area (TPSA) is 84.5 Å². The van der Waals surface area contributed by atoms with E-state index in [0.717, 1.165) is 38.2 Å². The molecule has 0 radical (unpaired) electrons. The molecule has 1 aromatic rings. The number of ether oxygens (including phenoxy) is 1. The van der Waals surface area contributed by atoms with Gasteiger partial charge in [0, 0.05) is 18.1 Å². The first-order valence-electron chi connectivity index (χ1n) is 7.55. The van der Waals surface area contributed by atoms with Crippen LogP contribution in [0.4, 0.5) is 4.39 Å². The lowest BCUT2D eigenvalue weighted by atomic mass is 10.0. The Labute approximate surface area is 134 Å². The fourth-order valence-corrected chi connectivity index (χ4v) is 4.88. The van der Waals surface area contributed by atoms with Crippen molar-refractivity contribution >= 4 is 16.0 Å². The Bertz CT molecular complexity index is 710. The van der Waals surface area contributed by atoms with E-state index >= 15 is 0 Å². The van der Waals surface area contributed by atoms with Gasteiger partial charge >= 0.3 is 5.97 Å². The van der Waals surface area contributed by atoms with E-state index in [1.54, 1.807) is 0 Å². The van der Waals surface area contributed by atoms with E-state index in [0.29, 0.717) is 24.9 Å². The largest absolute Gasteiger partial charge is 0.465 e.